The van der Waals surface area contributed by atoms with Crippen molar-refractivity contribution < 1.29 is 4.74 Å². The van der Waals surface area contributed by atoms with Crippen molar-refractivity contribution in [3.63, 3.8) is 0 Å². The Kier molecular flexibility index (Phi) is 0.762. The van der Waals surface area contributed by atoms with Crippen LogP contribution in [0.15, 0.2) is 0 Å². The Hall–Kier alpha value is -0.0400. The van der Waals surface area contributed by atoms with Gasteiger partial charge in [0, 0.05) is 6.61 Å². The molecule has 0 unspecified atom stereocenters. The molecule has 0 aromatic heterocycles. The molecule has 8 heavy (non-hydrogen) atoms. The fraction of sp³-hybridized carbons (Fsp3) is 1.00. The summed E-state index contributed by atoms with van der Waals surface area (Å²) in [6, 6.07) is 0. The molecule has 2 fully saturated rings. The SMILES string of the molecule is C[C@H]1C[C@@]12CCCO2. The minimum atomic E-state index is 0.403. The molecule has 0 aromatic carbocycles. The first-order chi connectivity index (χ1) is 3.83. The second kappa shape index (κ2) is 1.27. The van der Waals surface area contributed by atoms with Gasteiger partial charge in [-0.2, -0.15) is 0 Å². The molecule has 0 bridgehead atoms. The molecule has 46 valence electrons. The number of rotatable bonds is 0. The Morgan fingerprint density at radius 1 is 1.62 bits per heavy atom. The van der Waals surface area contributed by atoms with Crippen molar-refractivity contribution in [3.05, 3.63) is 0 Å². The molecule has 2 atom stereocenters. The van der Waals surface area contributed by atoms with Gasteiger partial charge in [-0.3, -0.25) is 0 Å². The molecule has 0 radical (unpaired) electrons. The van der Waals surface area contributed by atoms with Crippen molar-refractivity contribution >= 4 is 0 Å². The second-order valence-electron chi connectivity index (χ2n) is 3.12. The van der Waals surface area contributed by atoms with Gasteiger partial charge in [-0.05, 0) is 25.2 Å². The van der Waals surface area contributed by atoms with E-state index in [9.17, 15) is 0 Å². The summed E-state index contributed by atoms with van der Waals surface area (Å²) >= 11 is 0. The van der Waals surface area contributed by atoms with Gasteiger partial charge in [-0.25, -0.2) is 0 Å². The largest absolute Gasteiger partial charge is 0.375 e. The first-order valence-corrected chi connectivity index (χ1v) is 3.47. The standard InChI is InChI=1S/C7H12O/c1-6-5-7(6)3-2-4-8-7/h6H,2-5H2,1H3/t6-,7-/m0/s1. The highest BCUT2D eigenvalue weighted by Gasteiger charge is 2.53. The van der Waals surface area contributed by atoms with Crippen LogP contribution in [0.25, 0.3) is 0 Å². The smallest absolute Gasteiger partial charge is 0.0713 e. The third kappa shape index (κ3) is 0.455. The van der Waals surface area contributed by atoms with Crippen LogP contribution in [-0.4, -0.2) is 12.2 Å². The lowest BCUT2D eigenvalue weighted by Gasteiger charge is -2.03. The van der Waals surface area contributed by atoms with Crippen molar-refractivity contribution in [2.45, 2.75) is 31.8 Å². The van der Waals surface area contributed by atoms with Crippen LogP contribution in [0.3, 0.4) is 0 Å². The quantitative estimate of drug-likeness (QED) is 0.462. The number of hydrogen-bond donors (Lipinski definition) is 0. The van der Waals surface area contributed by atoms with E-state index in [1.54, 1.807) is 0 Å². The van der Waals surface area contributed by atoms with Gasteiger partial charge in [0.1, 0.15) is 0 Å². The fourth-order valence-corrected chi connectivity index (χ4v) is 1.73. The Bertz CT molecular complexity index is 103. The minimum Gasteiger partial charge on any atom is -0.375 e. The molecule has 0 N–H and O–H groups in total. The topological polar surface area (TPSA) is 9.23 Å². The maximum absolute atomic E-state index is 5.56. The van der Waals surface area contributed by atoms with E-state index in [0.717, 1.165) is 12.5 Å². The summed E-state index contributed by atoms with van der Waals surface area (Å²) in [7, 11) is 0. The summed E-state index contributed by atoms with van der Waals surface area (Å²) < 4.78 is 5.56. The Morgan fingerprint density at radius 2 is 2.38 bits per heavy atom. The molecule has 2 aliphatic rings. The van der Waals surface area contributed by atoms with Crippen molar-refractivity contribution in [1.29, 1.82) is 0 Å². The summed E-state index contributed by atoms with van der Waals surface area (Å²) in [5.74, 6) is 0.866. The first-order valence-electron chi connectivity index (χ1n) is 3.47. The van der Waals surface area contributed by atoms with E-state index < -0.39 is 0 Å². The van der Waals surface area contributed by atoms with Crippen LogP contribution in [0, 0.1) is 5.92 Å². The Morgan fingerprint density at radius 3 is 2.62 bits per heavy atom. The molecular formula is C7H12O. The fourth-order valence-electron chi connectivity index (χ4n) is 1.73. The molecule has 0 amide bonds. The van der Waals surface area contributed by atoms with Crippen LogP contribution in [0.4, 0.5) is 0 Å². The molecule has 1 aliphatic heterocycles. The van der Waals surface area contributed by atoms with E-state index in [-0.39, 0.29) is 0 Å². The highest BCUT2D eigenvalue weighted by Crippen LogP contribution is 2.52. The predicted molar refractivity (Wildman–Crippen MR) is 31.7 cm³/mol. The Labute approximate surface area is 50.0 Å². The van der Waals surface area contributed by atoms with Crippen LogP contribution in [0.5, 0.6) is 0 Å². The molecule has 1 saturated carbocycles. The Balaban J connectivity index is 2.06. The summed E-state index contributed by atoms with van der Waals surface area (Å²) in [6.45, 7) is 3.30. The summed E-state index contributed by atoms with van der Waals surface area (Å²) in [5, 5.41) is 0. The number of hydrogen-bond acceptors (Lipinski definition) is 1. The van der Waals surface area contributed by atoms with Gasteiger partial charge in [-0.15, -0.1) is 0 Å². The molecular weight excluding hydrogens is 100 g/mol. The van der Waals surface area contributed by atoms with E-state index in [2.05, 4.69) is 6.92 Å². The van der Waals surface area contributed by atoms with Gasteiger partial charge in [0.25, 0.3) is 0 Å². The minimum absolute atomic E-state index is 0.403. The number of ether oxygens (including phenoxy) is 1. The third-order valence-electron chi connectivity index (χ3n) is 2.52. The maximum Gasteiger partial charge on any atom is 0.0713 e. The van der Waals surface area contributed by atoms with Crippen molar-refractivity contribution in [2.75, 3.05) is 6.61 Å². The van der Waals surface area contributed by atoms with Gasteiger partial charge < -0.3 is 4.74 Å². The molecule has 1 nitrogen and oxygen atoms in total. The summed E-state index contributed by atoms with van der Waals surface area (Å²) in [4.78, 5) is 0. The van der Waals surface area contributed by atoms with Crippen LogP contribution in [0.2, 0.25) is 0 Å². The van der Waals surface area contributed by atoms with Gasteiger partial charge in [0.15, 0.2) is 0 Å². The molecule has 1 heterocycles. The molecule has 1 spiro atoms. The average Bonchev–Trinajstić information content (AvgIpc) is 2.29. The van der Waals surface area contributed by atoms with E-state index in [1.807, 2.05) is 0 Å². The monoisotopic (exact) mass is 112 g/mol. The van der Waals surface area contributed by atoms with Crippen molar-refractivity contribution in [3.8, 4) is 0 Å². The highest BCUT2D eigenvalue weighted by atomic mass is 16.5. The molecule has 1 saturated heterocycles. The zero-order chi connectivity index (χ0) is 5.61. The van der Waals surface area contributed by atoms with Crippen LogP contribution >= 0.6 is 0 Å². The van der Waals surface area contributed by atoms with Crippen molar-refractivity contribution in [1.82, 2.24) is 0 Å². The lowest BCUT2D eigenvalue weighted by atomic mass is 10.2. The van der Waals surface area contributed by atoms with Gasteiger partial charge >= 0.3 is 0 Å². The van der Waals surface area contributed by atoms with Crippen LogP contribution in [0.1, 0.15) is 26.2 Å². The van der Waals surface area contributed by atoms with Gasteiger partial charge in [0.2, 0.25) is 0 Å². The average molecular weight is 112 g/mol. The zero-order valence-electron chi connectivity index (χ0n) is 5.31. The molecule has 2 rings (SSSR count). The van der Waals surface area contributed by atoms with Gasteiger partial charge in [-0.1, -0.05) is 6.92 Å². The third-order valence-corrected chi connectivity index (χ3v) is 2.52. The summed E-state index contributed by atoms with van der Waals surface area (Å²) in [5.41, 5.74) is 0.403. The molecule has 1 aliphatic carbocycles. The van der Waals surface area contributed by atoms with E-state index in [4.69, 9.17) is 4.74 Å². The highest BCUT2D eigenvalue weighted by molar-refractivity contribution is 5.04. The van der Waals surface area contributed by atoms with Crippen LogP contribution < -0.4 is 0 Å². The second-order valence-corrected chi connectivity index (χ2v) is 3.12. The van der Waals surface area contributed by atoms with Crippen molar-refractivity contribution in [2.24, 2.45) is 5.92 Å². The van der Waals surface area contributed by atoms with Gasteiger partial charge in [0.05, 0.1) is 5.60 Å². The molecule has 1 heteroatoms. The van der Waals surface area contributed by atoms with E-state index in [1.165, 1.54) is 19.3 Å². The first kappa shape index (κ1) is 4.80. The normalized spacial score (nSPS) is 52.9. The molecule has 0 aromatic rings. The van der Waals surface area contributed by atoms with E-state index >= 15 is 0 Å². The van der Waals surface area contributed by atoms with E-state index in [0.29, 0.717) is 5.60 Å². The van der Waals surface area contributed by atoms with Crippen LogP contribution in [-0.2, 0) is 4.74 Å². The maximum atomic E-state index is 5.56. The summed E-state index contributed by atoms with van der Waals surface area (Å²) in [6.07, 6.45) is 3.95. The zero-order valence-corrected chi connectivity index (χ0v) is 5.31. The lowest BCUT2D eigenvalue weighted by molar-refractivity contribution is 0.0790. The lowest BCUT2D eigenvalue weighted by Crippen LogP contribution is -2.06. The predicted octanol–water partition coefficient (Wildman–Crippen LogP) is 1.58.